The van der Waals surface area contributed by atoms with Crippen LogP contribution >= 0.6 is 24.8 Å². The van der Waals surface area contributed by atoms with Crippen molar-refractivity contribution in [3.63, 3.8) is 0 Å². The SMILES string of the molecule is Cc1ccc(N(C(N)=NN=Cc2ccccc2)c2ccc(C)cc2)cc1.Cl.Cl. The first-order valence-electron chi connectivity index (χ1n) is 8.48. The maximum Gasteiger partial charge on any atom is 0.225 e. The van der Waals surface area contributed by atoms with Crippen LogP contribution in [0.5, 0.6) is 0 Å². The molecule has 0 saturated carbocycles. The second-order valence-corrected chi connectivity index (χ2v) is 6.12. The number of hydrogen-bond acceptors (Lipinski definition) is 2. The maximum absolute atomic E-state index is 6.28. The third-order valence-corrected chi connectivity index (χ3v) is 3.98. The second kappa shape index (κ2) is 11.1. The summed E-state index contributed by atoms with van der Waals surface area (Å²) in [6, 6.07) is 26.1. The molecule has 3 aromatic carbocycles. The molecule has 0 heterocycles. The molecule has 6 heteroatoms. The Morgan fingerprint density at radius 3 is 1.68 bits per heavy atom. The number of nitrogens with two attached hydrogens (primary N) is 1. The van der Waals surface area contributed by atoms with E-state index in [0.29, 0.717) is 5.96 Å². The first-order valence-corrected chi connectivity index (χ1v) is 8.48. The minimum Gasteiger partial charge on any atom is -0.368 e. The molecule has 0 aliphatic carbocycles. The van der Waals surface area contributed by atoms with Crippen LogP contribution in [0.4, 0.5) is 11.4 Å². The van der Waals surface area contributed by atoms with Crippen LogP contribution in [-0.4, -0.2) is 12.2 Å². The van der Waals surface area contributed by atoms with Crippen molar-refractivity contribution >= 4 is 48.4 Å². The first kappa shape index (κ1) is 23.2. The lowest BCUT2D eigenvalue weighted by atomic mass is 10.2. The van der Waals surface area contributed by atoms with Gasteiger partial charge in [-0.2, -0.15) is 5.10 Å². The van der Waals surface area contributed by atoms with Crippen molar-refractivity contribution in [2.45, 2.75) is 13.8 Å². The van der Waals surface area contributed by atoms with Gasteiger partial charge in [-0.25, -0.2) is 0 Å². The van der Waals surface area contributed by atoms with Gasteiger partial charge in [0.1, 0.15) is 0 Å². The normalized spacial score (nSPS) is 10.9. The van der Waals surface area contributed by atoms with Gasteiger partial charge in [-0.15, -0.1) is 29.9 Å². The molecule has 146 valence electrons. The summed E-state index contributed by atoms with van der Waals surface area (Å²) in [4.78, 5) is 1.89. The summed E-state index contributed by atoms with van der Waals surface area (Å²) in [5.74, 6) is 0.310. The van der Waals surface area contributed by atoms with E-state index in [4.69, 9.17) is 5.73 Å². The molecule has 0 aliphatic heterocycles. The van der Waals surface area contributed by atoms with Crippen molar-refractivity contribution in [3.05, 3.63) is 95.6 Å². The second-order valence-electron chi connectivity index (χ2n) is 6.12. The summed E-state index contributed by atoms with van der Waals surface area (Å²) in [7, 11) is 0. The van der Waals surface area contributed by atoms with Crippen LogP contribution < -0.4 is 10.6 Å². The van der Waals surface area contributed by atoms with Crippen LogP contribution in [0.15, 0.2) is 89.1 Å². The fourth-order valence-electron chi connectivity index (χ4n) is 2.54. The van der Waals surface area contributed by atoms with Gasteiger partial charge in [0.05, 0.1) is 6.21 Å². The predicted molar refractivity (Wildman–Crippen MR) is 125 cm³/mol. The Morgan fingerprint density at radius 2 is 1.21 bits per heavy atom. The molecule has 0 radical (unpaired) electrons. The van der Waals surface area contributed by atoms with Crippen molar-refractivity contribution in [1.29, 1.82) is 0 Å². The summed E-state index contributed by atoms with van der Waals surface area (Å²) in [6.07, 6.45) is 1.69. The van der Waals surface area contributed by atoms with Crippen LogP contribution in [0.3, 0.4) is 0 Å². The molecule has 0 fully saturated rings. The van der Waals surface area contributed by atoms with Crippen LogP contribution in [0, 0.1) is 13.8 Å². The Balaban J connectivity index is 0.00000196. The number of benzene rings is 3. The fourth-order valence-corrected chi connectivity index (χ4v) is 2.54. The Hall–Kier alpha value is -2.82. The van der Waals surface area contributed by atoms with E-state index in [2.05, 4.69) is 48.3 Å². The number of nitrogens with zero attached hydrogens (tertiary/aromatic N) is 3. The van der Waals surface area contributed by atoms with E-state index in [0.717, 1.165) is 16.9 Å². The molecule has 0 spiro atoms. The monoisotopic (exact) mass is 414 g/mol. The number of halogens is 2. The number of rotatable bonds is 4. The molecule has 28 heavy (non-hydrogen) atoms. The van der Waals surface area contributed by atoms with E-state index in [1.54, 1.807) is 6.21 Å². The minimum atomic E-state index is 0. The quantitative estimate of drug-likeness (QED) is 0.341. The largest absolute Gasteiger partial charge is 0.368 e. The molecule has 0 aliphatic rings. The average molecular weight is 415 g/mol. The van der Waals surface area contributed by atoms with Gasteiger partial charge in [-0.3, -0.25) is 4.90 Å². The Bertz CT molecular complexity index is 860. The van der Waals surface area contributed by atoms with Crippen LogP contribution in [0.1, 0.15) is 16.7 Å². The highest BCUT2D eigenvalue weighted by Gasteiger charge is 2.13. The molecule has 0 aromatic heterocycles. The number of anilines is 2. The lowest BCUT2D eigenvalue weighted by Crippen LogP contribution is -2.33. The molecule has 3 aromatic rings. The van der Waals surface area contributed by atoms with E-state index < -0.39 is 0 Å². The highest BCUT2D eigenvalue weighted by Crippen LogP contribution is 2.25. The number of guanidine groups is 1. The van der Waals surface area contributed by atoms with Gasteiger partial charge >= 0.3 is 0 Å². The maximum atomic E-state index is 6.28. The van der Waals surface area contributed by atoms with Gasteiger partial charge in [-0.05, 0) is 43.7 Å². The smallest absolute Gasteiger partial charge is 0.225 e. The zero-order valence-corrected chi connectivity index (χ0v) is 17.5. The predicted octanol–water partition coefficient (Wildman–Crippen LogP) is 5.63. The summed E-state index contributed by atoms with van der Waals surface area (Å²) in [6.45, 7) is 4.11. The topological polar surface area (TPSA) is 54.0 Å². The number of hydrogen-bond donors (Lipinski definition) is 1. The Morgan fingerprint density at radius 1 is 0.750 bits per heavy atom. The van der Waals surface area contributed by atoms with Crippen LogP contribution in [0.25, 0.3) is 0 Å². The molecule has 0 atom stereocenters. The molecule has 4 nitrogen and oxygen atoms in total. The molecule has 0 bridgehead atoms. The third kappa shape index (κ3) is 6.12. The van der Waals surface area contributed by atoms with Gasteiger partial charge < -0.3 is 5.73 Å². The number of aryl methyl sites for hydroxylation is 2. The van der Waals surface area contributed by atoms with Crippen molar-refractivity contribution < 1.29 is 0 Å². The zero-order chi connectivity index (χ0) is 18.4. The van der Waals surface area contributed by atoms with Gasteiger partial charge in [0.25, 0.3) is 0 Å². The van der Waals surface area contributed by atoms with E-state index in [-0.39, 0.29) is 24.8 Å². The Kier molecular flexibility index (Phi) is 9.22. The molecule has 3 rings (SSSR count). The lowest BCUT2D eigenvalue weighted by molar-refractivity contribution is 1.18. The first-order chi connectivity index (χ1) is 12.6. The van der Waals surface area contributed by atoms with E-state index in [9.17, 15) is 0 Å². The van der Waals surface area contributed by atoms with Crippen molar-refractivity contribution in [1.82, 2.24) is 0 Å². The van der Waals surface area contributed by atoms with Gasteiger partial charge in [0, 0.05) is 11.4 Å². The highest BCUT2D eigenvalue weighted by atomic mass is 35.5. The van der Waals surface area contributed by atoms with Gasteiger partial charge in [0.2, 0.25) is 5.96 Å². The van der Waals surface area contributed by atoms with Crippen LogP contribution in [0.2, 0.25) is 0 Å². The van der Waals surface area contributed by atoms with Crippen LogP contribution in [-0.2, 0) is 0 Å². The lowest BCUT2D eigenvalue weighted by Gasteiger charge is -2.23. The van der Waals surface area contributed by atoms with Crippen molar-refractivity contribution in [3.8, 4) is 0 Å². The third-order valence-electron chi connectivity index (χ3n) is 3.98. The molecular formula is C22H24Cl2N4. The fraction of sp³-hybridized carbons (Fsp3) is 0.0909. The Labute approximate surface area is 178 Å². The van der Waals surface area contributed by atoms with Crippen molar-refractivity contribution in [2.75, 3.05) is 4.90 Å². The molecular weight excluding hydrogens is 391 g/mol. The molecule has 0 unspecified atom stereocenters. The summed E-state index contributed by atoms with van der Waals surface area (Å²) < 4.78 is 0. The average Bonchev–Trinajstić information content (AvgIpc) is 2.66. The summed E-state index contributed by atoms with van der Waals surface area (Å²) >= 11 is 0. The van der Waals surface area contributed by atoms with E-state index >= 15 is 0 Å². The molecule has 0 amide bonds. The molecule has 0 saturated heterocycles. The standard InChI is InChI=1S/C22H22N4.2ClH/c1-17-8-12-20(13-9-17)26(21-14-10-18(2)11-15-21)22(23)25-24-16-19-6-4-3-5-7-19;;/h3-16H,1-2H3,(H2,23,25);2*1H. The summed E-state index contributed by atoms with van der Waals surface area (Å²) in [5, 5.41) is 8.35. The van der Waals surface area contributed by atoms with Gasteiger partial charge in [0.15, 0.2) is 0 Å². The van der Waals surface area contributed by atoms with E-state index in [1.807, 2.05) is 59.5 Å². The van der Waals surface area contributed by atoms with E-state index in [1.165, 1.54) is 11.1 Å². The van der Waals surface area contributed by atoms with Crippen molar-refractivity contribution in [2.24, 2.45) is 15.9 Å². The minimum absolute atomic E-state index is 0. The highest BCUT2D eigenvalue weighted by molar-refractivity contribution is 6.02. The summed E-state index contributed by atoms with van der Waals surface area (Å²) in [5.41, 5.74) is 11.5. The van der Waals surface area contributed by atoms with Gasteiger partial charge in [-0.1, -0.05) is 65.7 Å². The zero-order valence-electron chi connectivity index (χ0n) is 15.8. The molecule has 2 N–H and O–H groups in total.